The van der Waals surface area contributed by atoms with Crippen LogP contribution in [0, 0.1) is 11.3 Å². The molecule has 3 aromatic rings. The number of nitrogens with zero attached hydrogens (tertiary/aromatic N) is 2. The molecular formula is C20H18N4O3. The molecule has 1 amide bonds. The van der Waals surface area contributed by atoms with Crippen LogP contribution in [0.5, 0.6) is 11.5 Å². The summed E-state index contributed by atoms with van der Waals surface area (Å²) in [7, 11) is 3.12. The molecule has 0 atom stereocenters. The monoisotopic (exact) mass is 362 g/mol. The number of nitrogens with one attached hydrogen (secondary N) is 2. The molecule has 27 heavy (non-hydrogen) atoms. The molecule has 3 rings (SSSR count). The molecule has 0 bridgehead atoms. The van der Waals surface area contributed by atoms with E-state index >= 15 is 0 Å². The summed E-state index contributed by atoms with van der Waals surface area (Å²) in [5.74, 6) is 0.819. The van der Waals surface area contributed by atoms with Gasteiger partial charge < -0.3 is 14.8 Å². The van der Waals surface area contributed by atoms with E-state index in [1.165, 1.54) is 7.11 Å². The number of amides is 1. The number of H-pyrrole nitrogens is 1. The van der Waals surface area contributed by atoms with Crippen LogP contribution in [-0.4, -0.2) is 36.9 Å². The molecule has 0 fully saturated rings. The van der Waals surface area contributed by atoms with Crippen LogP contribution in [0.25, 0.3) is 23.1 Å². The predicted molar refractivity (Wildman–Crippen MR) is 103 cm³/mol. The maximum Gasteiger partial charge on any atom is 0.255 e. The number of aromatic nitrogens is 2. The number of fused-ring (bicyclic) bond motifs is 1. The van der Waals surface area contributed by atoms with Gasteiger partial charge in [-0.25, -0.2) is 0 Å². The Bertz CT molecular complexity index is 1030. The maximum absolute atomic E-state index is 12.3. The molecule has 1 heterocycles. The smallest absolute Gasteiger partial charge is 0.255 e. The van der Waals surface area contributed by atoms with Gasteiger partial charge in [0, 0.05) is 0 Å². The molecule has 0 saturated heterocycles. The quantitative estimate of drug-likeness (QED) is 0.657. The van der Waals surface area contributed by atoms with E-state index in [4.69, 9.17) is 14.7 Å². The molecule has 0 spiro atoms. The van der Waals surface area contributed by atoms with E-state index in [1.807, 2.05) is 42.5 Å². The molecule has 0 radical (unpaired) electrons. The van der Waals surface area contributed by atoms with Gasteiger partial charge in [0.2, 0.25) is 0 Å². The van der Waals surface area contributed by atoms with Crippen LogP contribution < -0.4 is 14.8 Å². The van der Waals surface area contributed by atoms with E-state index in [2.05, 4.69) is 15.5 Å². The Kier molecular flexibility index (Phi) is 5.38. The van der Waals surface area contributed by atoms with Crippen molar-refractivity contribution in [1.82, 2.24) is 15.5 Å². The summed E-state index contributed by atoms with van der Waals surface area (Å²) in [6.07, 6.45) is 3.76. The standard InChI is InChI=1S/C20H18N4O3/c1-26-14-6-3-13(4-7-14)5-9-16-18-17(24-23-16)10-8-15(19(18)27-2)20(25)22-12-11-21/h3-10H,12H2,1-2H3,(H,22,25)(H,23,24). The van der Waals surface area contributed by atoms with Gasteiger partial charge in [0.05, 0.1) is 42.4 Å². The first-order valence-corrected chi connectivity index (χ1v) is 8.20. The van der Waals surface area contributed by atoms with Crippen molar-refractivity contribution < 1.29 is 14.3 Å². The van der Waals surface area contributed by atoms with Gasteiger partial charge in [-0.05, 0) is 35.9 Å². The van der Waals surface area contributed by atoms with Gasteiger partial charge in [0.15, 0.2) is 0 Å². The fourth-order valence-electron chi connectivity index (χ4n) is 2.72. The second-order valence-electron chi connectivity index (χ2n) is 5.63. The van der Waals surface area contributed by atoms with Crippen LogP contribution in [0.4, 0.5) is 0 Å². The maximum atomic E-state index is 12.3. The third-order valence-electron chi connectivity index (χ3n) is 4.04. The molecule has 0 aliphatic heterocycles. The Hall–Kier alpha value is -3.79. The number of carbonyl (C=O) groups excluding carboxylic acids is 1. The summed E-state index contributed by atoms with van der Waals surface area (Å²) in [6, 6.07) is 12.9. The first-order valence-electron chi connectivity index (χ1n) is 8.20. The van der Waals surface area contributed by atoms with Gasteiger partial charge in [0.1, 0.15) is 18.0 Å². The molecule has 0 unspecified atom stereocenters. The Morgan fingerprint density at radius 1 is 1.19 bits per heavy atom. The van der Waals surface area contributed by atoms with E-state index in [9.17, 15) is 4.79 Å². The van der Waals surface area contributed by atoms with E-state index < -0.39 is 0 Å². The first kappa shape index (κ1) is 18.0. The van der Waals surface area contributed by atoms with Crippen molar-refractivity contribution in [3.63, 3.8) is 0 Å². The second-order valence-corrected chi connectivity index (χ2v) is 5.63. The van der Waals surface area contributed by atoms with Gasteiger partial charge in [-0.1, -0.05) is 18.2 Å². The third-order valence-corrected chi connectivity index (χ3v) is 4.04. The van der Waals surface area contributed by atoms with E-state index in [0.717, 1.165) is 16.8 Å². The predicted octanol–water partition coefficient (Wildman–Crippen LogP) is 3.00. The van der Waals surface area contributed by atoms with Crippen LogP contribution in [0.15, 0.2) is 36.4 Å². The highest BCUT2D eigenvalue weighted by Gasteiger charge is 2.18. The lowest BCUT2D eigenvalue weighted by molar-refractivity contribution is 0.0955. The van der Waals surface area contributed by atoms with Crippen molar-refractivity contribution in [2.75, 3.05) is 20.8 Å². The highest BCUT2D eigenvalue weighted by atomic mass is 16.5. The number of benzene rings is 2. The molecule has 2 aromatic carbocycles. The summed E-state index contributed by atoms with van der Waals surface area (Å²) >= 11 is 0. The van der Waals surface area contributed by atoms with Crippen LogP contribution in [-0.2, 0) is 0 Å². The molecule has 1 aromatic heterocycles. The lowest BCUT2D eigenvalue weighted by Gasteiger charge is -2.09. The summed E-state index contributed by atoms with van der Waals surface area (Å²) in [5, 5.41) is 19.1. The average Bonchev–Trinajstić information content (AvgIpc) is 3.13. The number of ether oxygens (including phenoxy) is 2. The Morgan fingerprint density at radius 2 is 1.96 bits per heavy atom. The van der Waals surface area contributed by atoms with E-state index in [0.29, 0.717) is 22.4 Å². The topological polar surface area (TPSA) is 100 Å². The van der Waals surface area contributed by atoms with Gasteiger partial charge in [0.25, 0.3) is 5.91 Å². The lowest BCUT2D eigenvalue weighted by Crippen LogP contribution is -2.24. The number of hydrogen-bond donors (Lipinski definition) is 2. The highest BCUT2D eigenvalue weighted by Crippen LogP contribution is 2.32. The van der Waals surface area contributed by atoms with E-state index in [-0.39, 0.29) is 12.5 Å². The number of rotatable bonds is 6. The largest absolute Gasteiger partial charge is 0.497 e. The van der Waals surface area contributed by atoms with Crippen LogP contribution in [0.3, 0.4) is 0 Å². The molecule has 136 valence electrons. The minimum absolute atomic E-state index is 0.0738. The fourth-order valence-corrected chi connectivity index (χ4v) is 2.72. The Morgan fingerprint density at radius 3 is 2.63 bits per heavy atom. The van der Waals surface area contributed by atoms with Crippen molar-refractivity contribution >= 4 is 29.0 Å². The van der Waals surface area contributed by atoms with Gasteiger partial charge in [-0.2, -0.15) is 10.4 Å². The zero-order chi connectivity index (χ0) is 19.2. The summed E-state index contributed by atoms with van der Waals surface area (Å²) < 4.78 is 10.6. The number of nitriles is 1. The normalized spacial score (nSPS) is 10.7. The summed E-state index contributed by atoms with van der Waals surface area (Å²) in [6.45, 7) is -0.0738. The van der Waals surface area contributed by atoms with E-state index in [1.54, 1.807) is 19.2 Å². The lowest BCUT2D eigenvalue weighted by atomic mass is 10.1. The average molecular weight is 362 g/mol. The summed E-state index contributed by atoms with van der Waals surface area (Å²) in [4.78, 5) is 12.3. The van der Waals surface area contributed by atoms with Crippen molar-refractivity contribution in [3.8, 4) is 17.6 Å². The number of methoxy groups -OCH3 is 2. The van der Waals surface area contributed by atoms with Crippen molar-refractivity contribution in [3.05, 3.63) is 53.2 Å². The molecule has 2 N–H and O–H groups in total. The Balaban J connectivity index is 1.99. The minimum Gasteiger partial charge on any atom is -0.497 e. The van der Waals surface area contributed by atoms with Crippen molar-refractivity contribution in [2.45, 2.75) is 0 Å². The molecule has 7 nitrogen and oxygen atoms in total. The number of carbonyl (C=O) groups is 1. The molecule has 0 saturated carbocycles. The van der Waals surface area contributed by atoms with Crippen LogP contribution in [0.2, 0.25) is 0 Å². The van der Waals surface area contributed by atoms with Crippen molar-refractivity contribution in [2.24, 2.45) is 0 Å². The molecular weight excluding hydrogens is 344 g/mol. The molecule has 0 aliphatic rings. The highest BCUT2D eigenvalue weighted by molar-refractivity contribution is 6.05. The Labute approximate surface area is 156 Å². The zero-order valence-corrected chi connectivity index (χ0v) is 14.9. The van der Waals surface area contributed by atoms with Crippen LogP contribution >= 0.6 is 0 Å². The fraction of sp³-hybridized carbons (Fsp3) is 0.150. The SMILES string of the molecule is COc1ccc(C=Cc2n[nH]c3ccc(C(=O)NCC#N)c(OC)c23)cc1. The van der Waals surface area contributed by atoms with Gasteiger partial charge >= 0.3 is 0 Å². The van der Waals surface area contributed by atoms with Gasteiger partial charge in [-0.15, -0.1) is 0 Å². The molecule has 7 heteroatoms. The first-order chi connectivity index (χ1) is 13.2. The second kappa shape index (κ2) is 8.06. The van der Waals surface area contributed by atoms with Crippen molar-refractivity contribution in [1.29, 1.82) is 5.26 Å². The number of aromatic amines is 1. The summed E-state index contributed by atoms with van der Waals surface area (Å²) in [5.41, 5.74) is 2.72. The number of hydrogen-bond acceptors (Lipinski definition) is 5. The zero-order valence-electron chi connectivity index (χ0n) is 14.9. The van der Waals surface area contributed by atoms with Gasteiger partial charge in [-0.3, -0.25) is 9.89 Å². The van der Waals surface area contributed by atoms with Crippen LogP contribution in [0.1, 0.15) is 21.6 Å². The molecule has 0 aliphatic carbocycles. The minimum atomic E-state index is -0.374. The third kappa shape index (κ3) is 3.75.